The molecule has 0 saturated carbocycles. The predicted molar refractivity (Wildman–Crippen MR) is 138 cm³/mol. The van der Waals surface area contributed by atoms with E-state index in [1.54, 1.807) is 17.1 Å². The van der Waals surface area contributed by atoms with Gasteiger partial charge in [0.05, 0.1) is 39.5 Å². The summed E-state index contributed by atoms with van der Waals surface area (Å²) in [5.41, 5.74) is 4.17. The Morgan fingerprint density at radius 1 is 1.26 bits per heavy atom. The SMILES string of the molecule is CN(C)[C@H]1CCCN(c2c(Br)cnc3[nH]cc(NC(=O)c4cnn(Cc5ccccc5)c4)c23)C1. The van der Waals surface area contributed by atoms with Crippen LogP contribution in [0.1, 0.15) is 28.8 Å². The van der Waals surface area contributed by atoms with Gasteiger partial charge in [-0.25, -0.2) is 4.98 Å². The number of rotatable bonds is 6. The number of anilines is 2. The highest BCUT2D eigenvalue weighted by atomic mass is 79.9. The van der Waals surface area contributed by atoms with Crippen molar-refractivity contribution in [3.05, 3.63) is 70.7 Å². The van der Waals surface area contributed by atoms with Crippen LogP contribution < -0.4 is 10.2 Å². The Labute approximate surface area is 207 Å². The number of hydrogen-bond donors (Lipinski definition) is 2. The molecule has 5 rings (SSSR count). The van der Waals surface area contributed by atoms with E-state index in [4.69, 9.17) is 0 Å². The van der Waals surface area contributed by atoms with Crippen LogP contribution in [0.5, 0.6) is 0 Å². The largest absolute Gasteiger partial charge is 0.368 e. The second-order valence-electron chi connectivity index (χ2n) is 8.95. The Kier molecular flexibility index (Phi) is 6.38. The van der Waals surface area contributed by atoms with Gasteiger partial charge in [0.15, 0.2) is 0 Å². The molecule has 1 aliphatic heterocycles. The predicted octanol–water partition coefficient (Wildman–Crippen LogP) is 4.35. The number of halogens is 1. The highest BCUT2D eigenvalue weighted by Gasteiger charge is 2.26. The Morgan fingerprint density at radius 2 is 2.09 bits per heavy atom. The molecule has 34 heavy (non-hydrogen) atoms. The molecule has 1 fully saturated rings. The fourth-order valence-corrected chi connectivity index (χ4v) is 5.13. The topological polar surface area (TPSA) is 82.1 Å². The lowest BCUT2D eigenvalue weighted by Gasteiger charge is -2.38. The molecule has 9 heteroatoms. The summed E-state index contributed by atoms with van der Waals surface area (Å²) < 4.78 is 2.70. The molecule has 4 aromatic rings. The molecule has 1 amide bonds. The number of aromatic amines is 1. The average molecular weight is 522 g/mol. The van der Waals surface area contributed by atoms with Crippen LogP contribution in [0.25, 0.3) is 11.0 Å². The van der Waals surface area contributed by atoms with Crippen molar-refractivity contribution in [2.75, 3.05) is 37.4 Å². The van der Waals surface area contributed by atoms with Gasteiger partial charge in [0, 0.05) is 37.7 Å². The van der Waals surface area contributed by atoms with Crippen molar-refractivity contribution in [1.29, 1.82) is 0 Å². The van der Waals surface area contributed by atoms with Crippen molar-refractivity contribution in [1.82, 2.24) is 24.6 Å². The molecular weight excluding hydrogens is 494 g/mol. The standard InChI is InChI=1S/C25H28BrN7O/c1-31(2)19-9-6-10-32(16-19)23-20(26)12-27-24-22(23)21(13-28-24)30-25(34)18-11-29-33(15-18)14-17-7-4-3-5-8-17/h3-5,7-8,11-13,15,19H,6,9-10,14,16H2,1-2H3,(H,27,28)(H,30,34)/t19-/m0/s1. The maximum Gasteiger partial charge on any atom is 0.258 e. The number of nitrogens with zero attached hydrogens (tertiary/aromatic N) is 5. The Bertz CT molecular complexity index is 1300. The van der Waals surface area contributed by atoms with Crippen LogP contribution in [0.4, 0.5) is 11.4 Å². The van der Waals surface area contributed by atoms with Gasteiger partial charge < -0.3 is 20.1 Å². The lowest BCUT2D eigenvalue weighted by molar-refractivity contribution is 0.102. The molecule has 3 aromatic heterocycles. The van der Waals surface area contributed by atoms with Crippen LogP contribution >= 0.6 is 15.9 Å². The van der Waals surface area contributed by atoms with Crippen molar-refractivity contribution < 1.29 is 4.79 Å². The van der Waals surface area contributed by atoms with E-state index in [0.717, 1.165) is 46.3 Å². The number of H-pyrrole nitrogens is 1. The van der Waals surface area contributed by atoms with Gasteiger partial charge in [0.25, 0.3) is 5.91 Å². The zero-order chi connectivity index (χ0) is 23.7. The van der Waals surface area contributed by atoms with Crippen molar-refractivity contribution in [2.24, 2.45) is 0 Å². The van der Waals surface area contributed by atoms with E-state index in [9.17, 15) is 4.79 Å². The second kappa shape index (κ2) is 9.60. The van der Waals surface area contributed by atoms with Gasteiger partial charge in [0.2, 0.25) is 0 Å². The summed E-state index contributed by atoms with van der Waals surface area (Å²) in [5, 5.41) is 8.36. The second-order valence-corrected chi connectivity index (χ2v) is 9.81. The number of carbonyl (C=O) groups is 1. The van der Waals surface area contributed by atoms with E-state index in [-0.39, 0.29) is 5.91 Å². The van der Waals surface area contributed by atoms with Crippen LogP contribution in [-0.4, -0.2) is 63.8 Å². The average Bonchev–Trinajstić information content (AvgIpc) is 3.47. The molecular formula is C25H28BrN7O. The lowest BCUT2D eigenvalue weighted by Crippen LogP contribution is -2.45. The van der Waals surface area contributed by atoms with E-state index >= 15 is 0 Å². The number of amides is 1. The van der Waals surface area contributed by atoms with E-state index in [1.165, 1.54) is 6.42 Å². The lowest BCUT2D eigenvalue weighted by atomic mass is 10.0. The molecule has 0 spiro atoms. The van der Waals surface area contributed by atoms with Gasteiger partial charge in [-0.1, -0.05) is 30.3 Å². The van der Waals surface area contributed by atoms with E-state index in [2.05, 4.69) is 60.2 Å². The van der Waals surface area contributed by atoms with Gasteiger partial charge in [-0.15, -0.1) is 0 Å². The summed E-state index contributed by atoms with van der Waals surface area (Å²) in [6.07, 6.45) is 9.32. The first-order valence-electron chi connectivity index (χ1n) is 11.4. The molecule has 0 aliphatic carbocycles. The molecule has 1 aromatic carbocycles. The number of carbonyl (C=O) groups excluding carboxylic acids is 1. The number of fused-ring (bicyclic) bond motifs is 1. The maximum atomic E-state index is 13.1. The monoisotopic (exact) mass is 521 g/mol. The van der Waals surface area contributed by atoms with Crippen molar-refractivity contribution in [3.63, 3.8) is 0 Å². The number of aromatic nitrogens is 4. The molecule has 1 saturated heterocycles. The molecule has 8 nitrogen and oxygen atoms in total. The summed E-state index contributed by atoms with van der Waals surface area (Å²) >= 11 is 3.72. The first-order chi connectivity index (χ1) is 16.5. The fourth-order valence-electron chi connectivity index (χ4n) is 4.58. The third kappa shape index (κ3) is 4.58. The number of piperidine rings is 1. The van der Waals surface area contributed by atoms with Gasteiger partial charge >= 0.3 is 0 Å². The van der Waals surface area contributed by atoms with Gasteiger partial charge in [0.1, 0.15) is 5.65 Å². The highest BCUT2D eigenvalue weighted by molar-refractivity contribution is 9.10. The van der Waals surface area contributed by atoms with E-state index < -0.39 is 0 Å². The molecule has 1 aliphatic rings. The van der Waals surface area contributed by atoms with Crippen molar-refractivity contribution in [3.8, 4) is 0 Å². The molecule has 0 bridgehead atoms. The number of pyridine rings is 1. The normalized spacial score (nSPS) is 16.4. The minimum Gasteiger partial charge on any atom is -0.368 e. The summed E-state index contributed by atoms with van der Waals surface area (Å²) in [6, 6.07) is 10.5. The summed E-state index contributed by atoms with van der Waals surface area (Å²) in [4.78, 5) is 25.5. The number of likely N-dealkylation sites (N-methyl/N-ethyl adjacent to an activating group) is 1. The zero-order valence-electron chi connectivity index (χ0n) is 19.3. The van der Waals surface area contributed by atoms with Crippen LogP contribution in [0.3, 0.4) is 0 Å². The van der Waals surface area contributed by atoms with E-state index in [1.807, 2.05) is 42.7 Å². The Hall–Kier alpha value is -3.17. The Morgan fingerprint density at radius 3 is 2.88 bits per heavy atom. The van der Waals surface area contributed by atoms with Gasteiger partial charge in [-0.2, -0.15) is 5.10 Å². The molecule has 176 valence electrons. The summed E-state index contributed by atoms with van der Waals surface area (Å²) in [7, 11) is 4.26. The van der Waals surface area contributed by atoms with Crippen LogP contribution in [-0.2, 0) is 6.54 Å². The van der Waals surface area contributed by atoms with Crippen molar-refractivity contribution in [2.45, 2.75) is 25.4 Å². The number of benzene rings is 1. The fraction of sp³-hybridized carbons (Fsp3) is 0.320. The molecule has 1 atom stereocenters. The zero-order valence-corrected chi connectivity index (χ0v) is 20.9. The number of nitrogens with one attached hydrogen (secondary N) is 2. The Balaban J connectivity index is 1.40. The summed E-state index contributed by atoms with van der Waals surface area (Å²) in [6.45, 7) is 2.51. The van der Waals surface area contributed by atoms with Crippen LogP contribution in [0.2, 0.25) is 0 Å². The van der Waals surface area contributed by atoms with E-state index in [0.29, 0.717) is 23.8 Å². The highest BCUT2D eigenvalue weighted by Crippen LogP contribution is 2.39. The quantitative estimate of drug-likeness (QED) is 0.394. The van der Waals surface area contributed by atoms with Gasteiger partial charge in [-0.3, -0.25) is 9.48 Å². The van der Waals surface area contributed by atoms with Crippen molar-refractivity contribution >= 4 is 44.2 Å². The van der Waals surface area contributed by atoms with Gasteiger partial charge in [-0.05, 0) is 48.4 Å². The first-order valence-corrected chi connectivity index (χ1v) is 12.2. The van der Waals surface area contributed by atoms with Crippen LogP contribution in [0.15, 0.2) is 59.6 Å². The summed E-state index contributed by atoms with van der Waals surface area (Å²) in [5.74, 6) is -0.198. The molecule has 2 N–H and O–H groups in total. The van der Waals surface area contributed by atoms with Crippen LogP contribution in [0, 0.1) is 0 Å². The third-order valence-corrected chi connectivity index (χ3v) is 6.98. The maximum absolute atomic E-state index is 13.1. The third-order valence-electron chi connectivity index (χ3n) is 6.40. The molecule has 0 radical (unpaired) electrons. The minimum absolute atomic E-state index is 0.198. The first kappa shape index (κ1) is 22.6. The molecule has 4 heterocycles. The smallest absolute Gasteiger partial charge is 0.258 e. The molecule has 0 unspecified atom stereocenters. The minimum atomic E-state index is -0.198. The number of hydrogen-bond acceptors (Lipinski definition) is 5.